The lowest BCUT2D eigenvalue weighted by Gasteiger charge is -2.36. The van der Waals surface area contributed by atoms with Crippen molar-refractivity contribution in [2.45, 2.75) is 58.0 Å². The summed E-state index contributed by atoms with van der Waals surface area (Å²) in [5.74, 6) is 0.319. The fourth-order valence-corrected chi connectivity index (χ4v) is 5.44. The van der Waals surface area contributed by atoms with Gasteiger partial charge in [0.25, 0.3) is 0 Å². The number of benzene rings is 2. The molecule has 31 heavy (non-hydrogen) atoms. The Hall–Kier alpha value is -2.33. The van der Waals surface area contributed by atoms with Crippen LogP contribution >= 0.6 is 0 Å². The van der Waals surface area contributed by atoms with Crippen molar-refractivity contribution in [3.8, 4) is 0 Å². The van der Waals surface area contributed by atoms with Gasteiger partial charge in [-0.25, -0.2) is 0 Å². The highest BCUT2D eigenvalue weighted by Crippen LogP contribution is 2.27. The molecule has 2 aromatic carbocycles. The van der Waals surface area contributed by atoms with Crippen LogP contribution < -0.4 is 4.90 Å². The molecule has 0 spiro atoms. The van der Waals surface area contributed by atoms with Crippen LogP contribution in [0.25, 0.3) is 0 Å². The smallest absolute Gasteiger partial charge is 0.223 e. The molecule has 0 unspecified atom stereocenters. The zero-order valence-corrected chi connectivity index (χ0v) is 18.7. The van der Waals surface area contributed by atoms with Gasteiger partial charge in [-0.2, -0.15) is 0 Å². The van der Waals surface area contributed by atoms with E-state index in [1.807, 2.05) is 4.90 Å². The Morgan fingerprint density at radius 2 is 1.52 bits per heavy atom. The van der Waals surface area contributed by atoms with E-state index < -0.39 is 0 Å². The minimum absolute atomic E-state index is 0.319. The quantitative estimate of drug-likeness (QED) is 0.625. The van der Waals surface area contributed by atoms with E-state index in [9.17, 15) is 4.79 Å². The van der Waals surface area contributed by atoms with Crippen LogP contribution in [-0.4, -0.2) is 48.4 Å². The zero-order chi connectivity index (χ0) is 21.0. The maximum absolute atomic E-state index is 12.5. The van der Waals surface area contributed by atoms with E-state index in [0.29, 0.717) is 12.3 Å². The van der Waals surface area contributed by atoms with E-state index in [2.05, 4.69) is 52.3 Å². The maximum Gasteiger partial charge on any atom is 0.223 e. The van der Waals surface area contributed by atoms with Crippen molar-refractivity contribution in [1.29, 1.82) is 0 Å². The Balaban J connectivity index is 0.974. The van der Waals surface area contributed by atoms with Gasteiger partial charge in [0.05, 0.1) is 0 Å². The number of fused-ring (bicyclic) bond motifs is 2. The van der Waals surface area contributed by atoms with E-state index in [4.69, 9.17) is 0 Å². The third kappa shape index (κ3) is 4.79. The van der Waals surface area contributed by atoms with Gasteiger partial charge < -0.3 is 9.80 Å². The van der Waals surface area contributed by atoms with Crippen LogP contribution in [0.4, 0.5) is 5.69 Å². The van der Waals surface area contributed by atoms with E-state index >= 15 is 0 Å². The first-order valence-corrected chi connectivity index (χ1v) is 12.2. The van der Waals surface area contributed by atoms with Crippen molar-refractivity contribution in [3.63, 3.8) is 0 Å². The first-order chi connectivity index (χ1) is 15.3. The molecule has 0 bridgehead atoms. The molecule has 4 heteroatoms. The van der Waals surface area contributed by atoms with Gasteiger partial charge in [0.1, 0.15) is 0 Å². The molecule has 0 radical (unpaired) electrons. The second-order valence-corrected chi connectivity index (χ2v) is 9.46. The zero-order valence-electron chi connectivity index (χ0n) is 18.7. The molecule has 4 nitrogen and oxygen atoms in total. The molecule has 0 saturated carbocycles. The summed E-state index contributed by atoms with van der Waals surface area (Å²) in [7, 11) is 0. The van der Waals surface area contributed by atoms with E-state index in [1.165, 1.54) is 49.0 Å². The summed E-state index contributed by atoms with van der Waals surface area (Å²) in [4.78, 5) is 19.7. The number of anilines is 1. The van der Waals surface area contributed by atoms with Crippen LogP contribution in [0.15, 0.2) is 42.5 Å². The van der Waals surface area contributed by atoms with Gasteiger partial charge in [-0.1, -0.05) is 36.8 Å². The third-order valence-corrected chi connectivity index (χ3v) is 7.38. The van der Waals surface area contributed by atoms with E-state index in [-0.39, 0.29) is 0 Å². The van der Waals surface area contributed by atoms with Gasteiger partial charge in [-0.15, -0.1) is 0 Å². The van der Waals surface area contributed by atoms with Crippen molar-refractivity contribution in [2.75, 3.05) is 37.6 Å². The number of aryl methyl sites for hydroxylation is 2. The van der Waals surface area contributed by atoms with Gasteiger partial charge in [0, 0.05) is 51.4 Å². The number of unbranched alkanes of at least 4 members (excludes halogenated alkanes) is 2. The molecule has 1 fully saturated rings. The Kier molecular flexibility index (Phi) is 6.26. The molecule has 1 saturated heterocycles. The van der Waals surface area contributed by atoms with Crippen LogP contribution in [0.2, 0.25) is 0 Å². The number of piperazine rings is 1. The molecular formula is C27H35N3O. The molecule has 5 rings (SSSR count). The maximum atomic E-state index is 12.5. The fourth-order valence-electron chi connectivity index (χ4n) is 5.44. The highest BCUT2D eigenvalue weighted by atomic mass is 16.2. The number of amides is 1. The molecule has 3 aliphatic rings. The van der Waals surface area contributed by atoms with Crippen molar-refractivity contribution >= 4 is 11.6 Å². The number of rotatable bonds is 7. The summed E-state index contributed by atoms with van der Waals surface area (Å²) < 4.78 is 0. The lowest BCUT2D eigenvalue weighted by Crippen LogP contribution is -2.46. The normalized spacial score (nSPS) is 18.3. The topological polar surface area (TPSA) is 26.8 Å². The van der Waals surface area contributed by atoms with Crippen LogP contribution in [0.1, 0.15) is 54.4 Å². The molecule has 1 aliphatic carbocycles. The summed E-state index contributed by atoms with van der Waals surface area (Å²) in [5, 5.41) is 0. The fraction of sp³-hybridized carbons (Fsp3) is 0.519. The second-order valence-electron chi connectivity index (χ2n) is 9.46. The summed E-state index contributed by atoms with van der Waals surface area (Å²) >= 11 is 0. The first-order valence-electron chi connectivity index (χ1n) is 12.2. The monoisotopic (exact) mass is 417 g/mol. The van der Waals surface area contributed by atoms with Crippen molar-refractivity contribution < 1.29 is 4.79 Å². The highest BCUT2D eigenvalue weighted by Gasteiger charge is 2.22. The van der Waals surface area contributed by atoms with Gasteiger partial charge in [0.2, 0.25) is 5.91 Å². The van der Waals surface area contributed by atoms with Gasteiger partial charge >= 0.3 is 0 Å². The molecule has 0 aromatic heterocycles. The van der Waals surface area contributed by atoms with Crippen molar-refractivity contribution in [1.82, 2.24) is 9.80 Å². The number of hydrogen-bond acceptors (Lipinski definition) is 3. The third-order valence-electron chi connectivity index (χ3n) is 7.38. The Morgan fingerprint density at radius 1 is 0.774 bits per heavy atom. The Bertz CT molecular complexity index is 891. The number of carbonyl (C=O) groups is 1. The van der Waals surface area contributed by atoms with Gasteiger partial charge in [-0.3, -0.25) is 9.69 Å². The second kappa shape index (κ2) is 9.44. The first kappa shape index (κ1) is 20.6. The Labute approximate surface area is 186 Å². The molecule has 0 N–H and O–H groups in total. The molecule has 2 aliphatic heterocycles. The lowest BCUT2D eigenvalue weighted by atomic mass is 10.1. The minimum atomic E-state index is 0.319. The summed E-state index contributed by atoms with van der Waals surface area (Å²) in [6.07, 6.45) is 7.91. The van der Waals surface area contributed by atoms with E-state index in [0.717, 1.165) is 52.1 Å². The Morgan fingerprint density at radius 3 is 2.29 bits per heavy atom. The van der Waals surface area contributed by atoms with Crippen LogP contribution in [0, 0.1) is 0 Å². The average molecular weight is 418 g/mol. The number of nitrogens with zero attached hydrogens (tertiary/aromatic N) is 3. The molecule has 2 aromatic rings. The molecule has 0 atom stereocenters. The lowest BCUT2D eigenvalue weighted by molar-refractivity contribution is -0.131. The minimum Gasteiger partial charge on any atom is -0.369 e. The van der Waals surface area contributed by atoms with E-state index in [1.54, 1.807) is 11.1 Å². The SMILES string of the molecule is O=C(CCCCCN1CCN(c2ccc3c(c2)CCC3)CC1)N1Cc2ccccc2C1. The summed E-state index contributed by atoms with van der Waals surface area (Å²) in [6.45, 7) is 7.33. The molecule has 2 heterocycles. The van der Waals surface area contributed by atoms with Crippen molar-refractivity contribution in [3.05, 3.63) is 64.7 Å². The highest BCUT2D eigenvalue weighted by molar-refractivity contribution is 5.76. The summed E-state index contributed by atoms with van der Waals surface area (Å²) in [6, 6.07) is 15.5. The van der Waals surface area contributed by atoms with Crippen molar-refractivity contribution in [2.24, 2.45) is 0 Å². The predicted octanol–water partition coefficient (Wildman–Crippen LogP) is 4.40. The summed E-state index contributed by atoms with van der Waals surface area (Å²) in [5.41, 5.74) is 7.19. The molecule has 1 amide bonds. The average Bonchev–Trinajstić information content (AvgIpc) is 3.45. The molecule has 164 valence electrons. The number of carbonyl (C=O) groups excluding carboxylic acids is 1. The number of hydrogen-bond donors (Lipinski definition) is 0. The standard InChI is InChI=1S/C27H35N3O/c31-27(30-20-24-7-3-4-8-25(24)21-30)11-2-1-5-14-28-15-17-29(18-16-28)26-13-12-22-9-6-10-23(22)19-26/h3-4,7-8,12-13,19H,1-2,5-6,9-11,14-18,20-21H2. The molecular weight excluding hydrogens is 382 g/mol. The van der Waals surface area contributed by atoms with Gasteiger partial charge in [-0.05, 0) is 73.0 Å². The van der Waals surface area contributed by atoms with Crippen LogP contribution in [-0.2, 0) is 30.7 Å². The van der Waals surface area contributed by atoms with Crippen LogP contribution in [0.5, 0.6) is 0 Å². The van der Waals surface area contributed by atoms with Gasteiger partial charge in [0.15, 0.2) is 0 Å². The predicted molar refractivity (Wildman–Crippen MR) is 126 cm³/mol. The largest absolute Gasteiger partial charge is 0.369 e. The van der Waals surface area contributed by atoms with Crippen LogP contribution in [0.3, 0.4) is 0 Å².